The van der Waals surface area contributed by atoms with Gasteiger partial charge in [-0.05, 0) is 103 Å². The van der Waals surface area contributed by atoms with Gasteiger partial charge in [-0.2, -0.15) is 26.3 Å². The Morgan fingerprint density at radius 3 is 1.35 bits per heavy atom. The first kappa shape index (κ1) is 52.2. The largest absolute Gasteiger partial charge is 0.416 e. The van der Waals surface area contributed by atoms with Crippen LogP contribution in [0.4, 0.5) is 93.3 Å². The molecule has 0 saturated carbocycles. The number of halogens is 7. The third-order valence-electron chi connectivity index (χ3n) is 9.87. The summed E-state index contributed by atoms with van der Waals surface area (Å²) in [5.41, 5.74) is 1.71. The Hall–Kier alpha value is -9.64. The number of carbonyl (C=O) groups is 4. The van der Waals surface area contributed by atoms with Gasteiger partial charge in [-0.25, -0.2) is 29.5 Å². The van der Waals surface area contributed by atoms with Gasteiger partial charge in [0.25, 0.3) is 11.8 Å². The zero-order valence-electron chi connectivity index (χ0n) is 38.1. The normalized spacial score (nSPS) is 10.9. The van der Waals surface area contributed by atoms with E-state index in [0.717, 1.165) is 30.0 Å². The Labute approximate surface area is 421 Å². The van der Waals surface area contributed by atoms with Crippen LogP contribution >= 0.6 is 11.6 Å². The minimum Gasteiger partial charge on any atom is -0.324 e. The van der Waals surface area contributed by atoms with Gasteiger partial charge in [-0.15, -0.1) is 0 Å². The predicted octanol–water partition coefficient (Wildman–Crippen LogP) is 12.6. The van der Waals surface area contributed by atoms with E-state index in [2.05, 4.69) is 67.5 Å². The molecule has 0 aliphatic rings. The van der Waals surface area contributed by atoms with Crippen molar-refractivity contribution in [1.29, 1.82) is 0 Å². The third-order valence-corrected chi connectivity index (χ3v) is 10.2. The topological polar surface area (TPSA) is 229 Å². The molecule has 0 atom stereocenters. The van der Waals surface area contributed by atoms with E-state index < -0.39 is 47.4 Å². The second-order valence-corrected chi connectivity index (χ2v) is 15.8. The van der Waals surface area contributed by atoms with Gasteiger partial charge in [0.05, 0.1) is 69.8 Å². The number of pyridine rings is 1. The van der Waals surface area contributed by atoms with E-state index in [-0.39, 0.29) is 38.9 Å². The number of rotatable bonds is 12. The van der Waals surface area contributed by atoms with Crippen LogP contribution in [-0.2, 0) is 12.4 Å². The quantitative estimate of drug-likeness (QED) is 0.0537. The maximum atomic E-state index is 12.9. The fraction of sp³-hybridized carbons (Fsp3) is 0.0600. The molecule has 74 heavy (non-hydrogen) atoms. The smallest absolute Gasteiger partial charge is 0.324 e. The third kappa shape index (κ3) is 15.2. The summed E-state index contributed by atoms with van der Waals surface area (Å²) in [6.45, 7) is 1.72. The second kappa shape index (κ2) is 23.5. The lowest BCUT2D eigenvalue weighted by Crippen LogP contribution is -2.20. The number of alkyl halides is 6. The highest BCUT2D eigenvalue weighted by Gasteiger charge is 2.31. The zero-order valence-corrected chi connectivity index (χ0v) is 38.9. The number of hydrogen-bond acceptors (Lipinski definition) is 11. The van der Waals surface area contributed by atoms with Crippen molar-refractivity contribution < 1.29 is 45.5 Å². The highest BCUT2D eigenvalue weighted by atomic mass is 35.5. The van der Waals surface area contributed by atoms with Crippen molar-refractivity contribution >= 4 is 92.9 Å². The van der Waals surface area contributed by atoms with Crippen molar-refractivity contribution in [1.82, 2.24) is 24.9 Å². The standard InChI is InChI=1S/C25H18ClF3N6O2.C25H20F3N7O2/c26-21-10-9-18(35-24(37)34-17-8-4-5-15(11-17)25(27,28)29)12-20(21)22(36)32-19-13-30-23(31-14-19)33-16-6-2-1-3-7-16;1-15-7-8-18(35-24(37)34-17-5-2-4-16(10-17)25(26,27)28)11-21(15)22(36)32-20-13-30-23(31-14-20)33-19-6-3-9-29-12-19/h1-14H,(H,32,36)(H,30,31,33)(H2,34,35,37);2-14H,1H3,(H,32,36)(H,30,31,33)(H2,34,35,37). The fourth-order valence-corrected chi connectivity index (χ4v) is 6.59. The summed E-state index contributed by atoms with van der Waals surface area (Å²) in [6.07, 6.45) is -0.135. The molecule has 0 fully saturated rings. The highest BCUT2D eigenvalue weighted by Crippen LogP contribution is 2.32. The molecule has 0 bridgehead atoms. The maximum Gasteiger partial charge on any atom is 0.416 e. The van der Waals surface area contributed by atoms with Crippen molar-refractivity contribution in [2.75, 3.05) is 42.5 Å². The lowest BCUT2D eigenvalue weighted by Gasteiger charge is -2.13. The summed E-state index contributed by atoms with van der Waals surface area (Å²) in [5.74, 6) is -0.393. The van der Waals surface area contributed by atoms with Crippen LogP contribution < -0.4 is 42.5 Å². The Bertz CT molecular complexity index is 3050. The van der Waals surface area contributed by atoms with Crippen molar-refractivity contribution in [3.63, 3.8) is 0 Å². The number of nitrogens with one attached hydrogen (secondary N) is 8. The van der Waals surface area contributed by atoms with Gasteiger partial charge in [0.1, 0.15) is 0 Å². The molecular formula is C50H38ClF6N13O4. The zero-order chi connectivity index (χ0) is 52.8. The Balaban J connectivity index is 0.000000216. The first-order valence-electron chi connectivity index (χ1n) is 21.5. The summed E-state index contributed by atoms with van der Waals surface area (Å²) in [4.78, 5) is 70.9. The first-order chi connectivity index (χ1) is 35.3. The fourth-order valence-electron chi connectivity index (χ4n) is 6.38. The molecule has 0 unspecified atom stereocenters. The molecule has 3 heterocycles. The number of aromatic nitrogens is 5. The number of amides is 6. The van der Waals surface area contributed by atoms with Crippen LogP contribution in [0.1, 0.15) is 37.4 Å². The minimum absolute atomic E-state index is 0.0288. The summed E-state index contributed by atoms with van der Waals surface area (Å²) in [6, 6.07) is 28.6. The van der Waals surface area contributed by atoms with Crippen LogP contribution in [0.3, 0.4) is 0 Å². The van der Waals surface area contributed by atoms with E-state index in [1.54, 1.807) is 43.6 Å². The van der Waals surface area contributed by atoms with Crippen LogP contribution in [0, 0.1) is 6.92 Å². The molecular weight excluding hydrogens is 996 g/mol. The van der Waals surface area contributed by atoms with E-state index in [0.29, 0.717) is 34.5 Å². The molecule has 17 nitrogen and oxygen atoms in total. The molecule has 8 rings (SSSR count). The molecule has 8 aromatic rings. The van der Waals surface area contributed by atoms with E-state index in [9.17, 15) is 45.5 Å². The highest BCUT2D eigenvalue weighted by molar-refractivity contribution is 6.34. The summed E-state index contributed by atoms with van der Waals surface area (Å²) >= 11 is 6.16. The maximum absolute atomic E-state index is 12.9. The molecule has 0 spiro atoms. The molecule has 376 valence electrons. The Kier molecular flexibility index (Phi) is 16.6. The molecule has 5 aromatic carbocycles. The molecule has 0 aliphatic heterocycles. The Morgan fingerprint density at radius 2 is 0.865 bits per heavy atom. The van der Waals surface area contributed by atoms with Gasteiger partial charge >= 0.3 is 24.4 Å². The molecule has 0 saturated heterocycles. The summed E-state index contributed by atoms with van der Waals surface area (Å²) in [7, 11) is 0. The average molecular weight is 1030 g/mol. The van der Waals surface area contributed by atoms with Crippen LogP contribution in [0.25, 0.3) is 0 Å². The lowest BCUT2D eigenvalue weighted by atomic mass is 10.1. The van der Waals surface area contributed by atoms with E-state index >= 15 is 0 Å². The monoisotopic (exact) mass is 1030 g/mol. The number of aryl methyl sites for hydroxylation is 1. The minimum atomic E-state index is -4.55. The lowest BCUT2D eigenvalue weighted by molar-refractivity contribution is -0.138. The van der Waals surface area contributed by atoms with Crippen LogP contribution in [-0.4, -0.2) is 48.8 Å². The van der Waals surface area contributed by atoms with Gasteiger partial charge in [-0.1, -0.05) is 48.0 Å². The number of benzene rings is 5. The van der Waals surface area contributed by atoms with Gasteiger partial charge in [0, 0.05) is 40.2 Å². The first-order valence-corrected chi connectivity index (χ1v) is 21.9. The van der Waals surface area contributed by atoms with Gasteiger partial charge in [0.15, 0.2) is 0 Å². The van der Waals surface area contributed by atoms with Crippen molar-refractivity contribution in [2.24, 2.45) is 0 Å². The van der Waals surface area contributed by atoms with Crippen molar-refractivity contribution in [3.05, 3.63) is 197 Å². The van der Waals surface area contributed by atoms with Gasteiger partial charge in [0.2, 0.25) is 11.9 Å². The number of carbonyl (C=O) groups excluding carboxylic acids is 4. The summed E-state index contributed by atoms with van der Waals surface area (Å²) < 4.78 is 77.3. The number of anilines is 10. The number of hydrogen-bond donors (Lipinski definition) is 8. The van der Waals surface area contributed by atoms with Crippen molar-refractivity contribution in [2.45, 2.75) is 19.3 Å². The summed E-state index contributed by atoms with van der Waals surface area (Å²) in [5, 5.41) is 21.1. The van der Waals surface area contributed by atoms with Crippen LogP contribution in [0.15, 0.2) is 165 Å². The molecule has 0 radical (unpaired) electrons. The van der Waals surface area contributed by atoms with Crippen LogP contribution in [0.5, 0.6) is 0 Å². The van der Waals surface area contributed by atoms with Gasteiger partial charge in [-0.3, -0.25) is 14.6 Å². The molecule has 0 aliphatic carbocycles. The van der Waals surface area contributed by atoms with Crippen LogP contribution in [0.2, 0.25) is 5.02 Å². The number of nitrogens with zero attached hydrogens (tertiary/aromatic N) is 5. The van der Waals surface area contributed by atoms with E-state index in [1.165, 1.54) is 73.3 Å². The van der Waals surface area contributed by atoms with E-state index in [4.69, 9.17) is 11.6 Å². The Morgan fingerprint density at radius 1 is 0.432 bits per heavy atom. The SMILES string of the molecule is Cc1ccc(NC(=O)Nc2cccc(C(F)(F)F)c2)cc1C(=O)Nc1cnc(Nc2cccnc2)nc1.O=C(Nc1cccc(C(F)(F)F)c1)Nc1ccc(Cl)c(C(=O)Nc2cnc(Nc3ccccc3)nc2)c1. The molecule has 3 aromatic heterocycles. The number of urea groups is 2. The number of para-hydroxylation sites is 1. The molecule has 8 N–H and O–H groups in total. The predicted molar refractivity (Wildman–Crippen MR) is 268 cm³/mol. The van der Waals surface area contributed by atoms with E-state index in [1.807, 2.05) is 30.3 Å². The molecule has 6 amide bonds. The average Bonchev–Trinajstić information content (AvgIpc) is 3.37. The second-order valence-electron chi connectivity index (χ2n) is 15.4. The van der Waals surface area contributed by atoms with Gasteiger partial charge < -0.3 is 42.5 Å². The molecule has 24 heteroatoms. The van der Waals surface area contributed by atoms with Crippen molar-refractivity contribution in [3.8, 4) is 0 Å².